The maximum Gasteiger partial charge on any atom is 0.134 e. The molecule has 0 bridgehead atoms. The lowest BCUT2D eigenvalue weighted by Gasteiger charge is -2.36. The van der Waals surface area contributed by atoms with E-state index in [1.807, 2.05) is 25.1 Å². The normalized spacial score (nSPS) is 24.8. The van der Waals surface area contributed by atoms with Crippen molar-refractivity contribution in [2.45, 2.75) is 26.1 Å². The van der Waals surface area contributed by atoms with Crippen molar-refractivity contribution >= 4 is 11.6 Å². The van der Waals surface area contributed by atoms with E-state index in [0.717, 1.165) is 24.7 Å². The van der Waals surface area contributed by atoms with Crippen LogP contribution in [0.2, 0.25) is 0 Å². The van der Waals surface area contributed by atoms with E-state index in [4.69, 9.17) is 4.74 Å². The molecule has 0 aliphatic carbocycles. The Hall–Kier alpha value is -1.36. The minimum atomic E-state index is 0.247. The molecule has 2 heterocycles. The maximum atomic E-state index is 5.72. The lowest BCUT2D eigenvalue weighted by molar-refractivity contribution is -0.00546. The quantitative estimate of drug-likeness (QED) is 0.770. The highest BCUT2D eigenvalue weighted by molar-refractivity contribution is 5.49. The summed E-state index contributed by atoms with van der Waals surface area (Å²) >= 11 is 0. The van der Waals surface area contributed by atoms with Crippen LogP contribution < -0.4 is 9.80 Å². The van der Waals surface area contributed by atoms with E-state index in [-0.39, 0.29) is 12.2 Å². The fourth-order valence-electron chi connectivity index (χ4n) is 2.12. The monoisotopic (exact) mass is 236 g/mol. The van der Waals surface area contributed by atoms with Gasteiger partial charge in [0.2, 0.25) is 0 Å². The number of hydrogen-bond acceptors (Lipinski definition) is 5. The van der Waals surface area contributed by atoms with Crippen LogP contribution in [-0.2, 0) is 4.74 Å². The van der Waals surface area contributed by atoms with Crippen molar-refractivity contribution in [2.24, 2.45) is 0 Å². The summed E-state index contributed by atoms with van der Waals surface area (Å²) in [4.78, 5) is 12.8. The molecule has 1 aromatic heterocycles. The highest BCUT2D eigenvalue weighted by Gasteiger charge is 2.23. The zero-order valence-electron chi connectivity index (χ0n) is 10.9. The van der Waals surface area contributed by atoms with Gasteiger partial charge in [-0.15, -0.1) is 0 Å². The summed E-state index contributed by atoms with van der Waals surface area (Å²) in [6.45, 7) is 5.95. The summed E-state index contributed by atoms with van der Waals surface area (Å²) in [5.41, 5.74) is 0. The van der Waals surface area contributed by atoms with Crippen LogP contribution in [-0.4, -0.2) is 49.4 Å². The third-order valence-corrected chi connectivity index (χ3v) is 2.84. The molecule has 0 N–H and O–H groups in total. The standard InChI is InChI=1S/C12H20N4O/c1-9-6-16(7-10(2)17-9)12-5-11(15(3)4)13-8-14-12/h5,8-10H,6-7H2,1-4H3/t9-,10+. The first kappa shape index (κ1) is 12.1. The van der Waals surface area contributed by atoms with E-state index >= 15 is 0 Å². The number of anilines is 2. The Morgan fingerprint density at radius 3 is 2.47 bits per heavy atom. The van der Waals surface area contributed by atoms with Gasteiger partial charge < -0.3 is 14.5 Å². The fourth-order valence-corrected chi connectivity index (χ4v) is 2.12. The molecule has 2 rings (SSSR count). The Morgan fingerprint density at radius 2 is 1.88 bits per heavy atom. The highest BCUT2D eigenvalue weighted by Crippen LogP contribution is 2.20. The van der Waals surface area contributed by atoms with Crippen LogP contribution in [0.4, 0.5) is 11.6 Å². The molecule has 1 fully saturated rings. The van der Waals surface area contributed by atoms with Crippen LogP contribution in [0.5, 0.6) is 0 Å². The summed E-state index contributed by atoms with van der Waals surface area (Å²) in [6.07, 6.45) is 2.11. The van der Waals surface area contributed by atoms with E-state index in [9.17, 15) is 0 Å². The zero-order valence-corrected chi connectivity index (χ0v) is 10.9. The van der Waals surface area contributed by atoms with E-state index in [1.54, 1.807) is 6.33 Å². The predicted molar refractivity (Wildman–Crippen MR) is 68.6 cm³/mol. The number of aromatic nitrogens is 2. The van der Waals surface area contributed by atoms with E-state index in [0.29, 0.717) is 0 Å². The molecule has 17 heavy (non-hydrogen) atoms. The molecule has 5 nitrogen and oxygen atoms in total. The molecule has 0 amide bonds. The third-order valence-electron chi connectivity index (χ3n) is 2.84. The molecule has 1 aromatic rings. The van der Waals surface area contributed by atoms with Gasteiger partial charge in [-0.05, 0) is 13.8 Å². The average molecular weight is 236 g/mol. The van der Waals surface area contributed by atoms with Crippen molar-refractivity contribution in [1.29, 1.82) is 0 Å². The second kappa shape index (κ2) is 4.87. The largest absolute Gasteiger partial charge is 0.372 e. The Morgan fingerprint density at radius 1 is 1.24 bits per heavy atom. The summed E-state index contributed by atoms with van der Waals surface area (Å²) in [5.74, 6) is 1.91. The van der Waals surface area contributed by atoms with Crippen LogP contribution in [0.1, 0.15) is 13.8 Å². The molecule has 0 saturated carbocycles. The summed E-state index contributed by atoms with van der Waals surface area (Å²) < 4.78 is 5.72. The van der Waals surface area contributed by atoms with Crippen LogP contribution in [0.15, 0.2) is 12.4 Å². The van der Waals surface area contributed by atoms with Gasteiger partial charge in [0.15, 0.2) is 0 Å². The van der Waals surface area contributed by atoms with Gasteiger partial charge in [-0.3, -0.25) is 0 Å². The zero-order chi connectivity index (χ0) is 12.4. The molecular weight excluding hydrogens is 216 g/mol. The first-order chi connectivity index (χ1) is 8.06. The van der Waals surface area contributed by atoms with Gasteiger partial charge in [-0.25, -0.2) is 9.97 Å². The Labute approximate surface area is 102 Å². The molecular formula is C12H20N4O. The second-order valence-corrected chi connectivity index (χ2v) is 4.79. The first-order valence-electron chi connectivity index (χ1n) is 5.96. The van der Waals surface area contributed by atoms with E-state index in [1.165, 1.54) is 0 Å². The van der Waals surface area contributed by atoms with Gasteiger partial charge in [0.25, 0.3) is 0 Å². The smallest absolute Gasteiger partial charge is 0.134 e. The first-order valence-corrected chi connectivity index (χ1v) is 5.96. The predicted octanol–water partition coefficient (Wildman–Crippen LogP) is 1.16. The molecule has 94 valence electrons. The van der Waals surface area contributed by atoms with Gasteiger partial charge in [-0.2, -0.15) is 0 Å². The van der Waals surface area contributed by atoms with Gasteiger partial charge in [0.1, 0.15) is 18.0 Å². The minimum Gasteiger partial charge on any atom is -0.372 e. The van der Waals surface area contributed by atoms with Crippen LogP contribution in [0.3, 0.4) is 0 Å². The summed E-state index contributed by atoms with van der Waals surface area (Å²) in [6, 6.07) is 2.02. The Bertz CT molecular complexity index is 373. The average Bonchev–Trinajstić information content (AvgIpc) is 2.28. The molecule has 1 aliphatic rings. The van der Waals surface area contributed by atoms with Crippen molar-refractivity contribution in [3.05, 3.63) is 12.4 Å². The van der Waals surface area contributed by atoms with E-state index < -0.39 is 0 Å². The number of rotatable bonds is 2. The van der Waals surface area contributed by atoms with Crippen LogP contribution in [0.25, 0.3) is 0 Å². The van der Waals surface area contributed by atoms with Crippen molar-refractivity contribution < 1.29 is 4.74 Å². The topological polar surface area (TPSA) is 41.5 Å². The van der Waals surface area contributed by atoms with Crippen molar-refractivity contribution in [1.82, 2.24) is 9.97 Å². The van der Waals surface area contributed by atoms with Gasteiger partial charge in [0.05, 0.1) is 12.2 Å². The third kappa shape index (κ3) is 2.85. The van der Waals surface area contributed by atoms with Gasteiger partial charge in [-0.1, -0.05) is 0 Å². The van der Waals surface area contributed by atoms with Gasteiger partial charge >= 0.3 is 0 Å². The van der Waals surface area contributed by atoms with Crippen LogP contribution >= 0.6 is 0 Å². The molecule has 0 radical (unpaired) electrons. The number of morpholine rings is 1. The molecule has 1 saturated heterocycles. The van der Waals surface area contributed by atoms with Gasteiger partial charge in [0, 0.05) is 33.3 Å². The van der Waals surface area contributed by atoms with Crippen LogP contribution in [0, 0.1) is 0 Å². The lowest BCUT2D eigenvalue weighted by atomic mass is 10.2. The van der Waals surface area contributed by atoms with Crippen molar-refractivity contribution in [2.75, 3.05) is 37.0 Å². The lowest BCUT2D eigenvalue weighted by Crippen LogP contribution is -2.45. The second-order valence-electron chi connectivity index (χ2n) is 4.79. The maximum absolute atomic E-state index is 5.72. The Balaban J connectivity index is 2.18. The number of ether oxygens (including phenoxy) is 1. The SMILES string of the molecule is C[C@@H]1CN(c2cc(N(C)C)ncn2)C[C@H](C)O1. The fraction of sp³-hybridized carbons (Fsp3) is 0.667. The molecule has 0 unspecified atom stereocenters. The number of nitrogens with zero attached hydrogens (tertiary/aromatic N) is 4. The molecule has 5 heteroatoms. The van der Waals surface area contributed by atoms with Crippen molar-refractivity contribution in [3.63, 3.8) is 0 Å². The minimum absolute atomic E-state index is 0.247. The summed E-state index contributed by atoms with van der Waals surface area (Å²) in [7, 11) is 3.97. The van der Waals surface area contributed by atoms with E-state index in [2.05, 4.69) is 28.7 Å². The Kier molecular flexibility index (Phi) is 3.47. The van der Waals surface area contributed by atoms with Crippen molar-refractivity contribution in [3.8, 4) is 0 Å². The highest BCUT2D eigenvalue weighted by atomic mass is 16.5. The molecule has 1 aliphatic heterocycles. The summed E-state index contributed by atoms with van der Waals surface area (Å²) in [5, 5.41) is 0. The molecule has 0 spiro atoms. The number of hydrogen-bond donors (Lipinski definition) is 0. The molecule has 2 atom stereocenters. The molecule has 0 aromatic carbocycles.